The molecule has 0 heterocycles. The first-order valence-corrected chi connectivity index (χ1v) is 7.88. The number of nitrogens with one attached hydrogen (secondary N) is 1. The van der Waals surface area contributed by atoms with Gasteiger partial charge in [-0.05, 0) is 37.7 Å². The van der Waals surface area contributed by atoms with Crippen molar-refractivity contribution in [3.63, 3.8) is 0 Å². The molecule has 5 heteroatoms. The molecular weight excluding hydrogens is 280 g/mol. The molecule has 1 fully saturated rings. The van der Waals surface area contributed by atoms with E-state index in [-0.39, 0.29) is 18.5 Å². The van der Waals surface area contributed by atoms with Gasteiger partial charge < -0.3 is 15.3 Å². The normalized spacial score (nSPS) is 15.1. The van der Waals surface area contributed by atoms with E-state index in [1.54, 1.807) is 0 Å². The minimum atomic E-state index is -0.832. The van der Waals surface area contributed by atoms with Crippen LogP contribution in [-0.4, -0.2) is 34.6 Å². The van der Waals surface area contributed by atoms with Crippen LogP contribution in [0.4, 0.5) is 4.79 Å². The van der Waals surface area contributed by atoms with E-state index < -0.39 is 5.97 Å². The number of urea groups is 1. The number of nitrogens with zero attached hydrogens (tertiary/aromatic N) is 1. The maximum atomic E-state index is 12.4. The van der Waals surface area contributed by atoms with Gasteiger partial charge in [-0.3, -0.25) is 4.79 Å². The van der Waals surface area contributed by atoms with Crippen molar-refractivity contribution in [1.82, 2.24) is 10.2 Å². The maximum Gasteiger partial charge on any atom is 0.317 e. The van der Waals surface area contributed by atoms with Crippen LogP contribution in [0.25, 0.3) is 0 Å². The van der Waals surface area contributed by atoms with Crippen molar-refractivity contribution in [3.8, 4) is 0 Å². The molecule has 1 aromatic carbocycles. The number of amides is 2. The van der Waals surface area contributed by atoms with Crippen LogP contribution in [0.1, 0.15) is 38.2 Å². The summed E-state index contributed by atoms with van der Waals surface area (Å²) >= 11 is 0. The van der Waals surface area contributed by atoms with Crippen LogP contribution in [0, 0.1) is 5.92 Å². The Kier molecular flexibility index (Phi) is 5.81. The summed E-state index contributed by atoms with van der Waals surface area (Å²) in [7, 11) is 0. The average Bonchev–Trinajstić information content (AvgIpc) is 3.34. The van der Waals surface area contributed by atoms with Crippen LogP contribution in [0.5, 0.6) is 0 Å². The maximum absolute atomic E-state index is 12.4. The summed E-state index contributed by atoms with van der Waals surface area (Å²) in [5.74, 6) is -0.241. The number of carbonyl (C=O) groups excluding carboxylic acids is 1. The molecule has 22 heavy (non-hydrogen) atoms. The number of carboxylic acid groups (broad SMARTS) is 1. The lowest BCUT2D eigenvalue weighted by molar-refractivity contribution is -0.137. The van der Waals surface area contributed by atoms with Gasteiger partial charge in [0.05, 0.1) is 0 Å². The van der Waals surface area contributed by atoms with Crippen molar-refractivity contribution in [1.29, 1.82) is 0 Å². The second kappa shape index (κ2) is 7.82. The highest BCUT2D eigenvalue weighted by atomic mass is 16.4. The van der Waals surface area contributed by atoms with Gasteiger partial charge in [0.15, 0.2) is 0 Å². The van der Waals surface area contributed by atoms with E-state index in [9.17, 15) is 9.59 Å². The molecule has 1 aliphatic carbocycles. The van der Waals surface area contributed by atoms with Crippen molar-refractivity contribution >= 4 is 12.0 Å². The first kappa shape index (κ1) is 16.3. The van der Waals surface area contributed by atoms with E-state index >= 15 is 0 Å². The molecule has 1 saturated carbocycles. The van der Waals surface area contributed by atoms with Gasteiger partial charge in [0.2, 0.25) is 0 Å². The Morgan fingerprint density at radius 3 is 2.59 bits per heavy atom. The summed E-state index contributed by atoms with van der Waals surface area (Å²) in [6.45, 7) is 3.08. The lowest BCUT2D eigenvalue weighted by atomic mass is 10.1. The smallest absolute Gasteiger partial charge is 0.317 e. The molecule has 0 aromatic heterocycles. The minimum Gasteiger partial charge on any atom is -0.481 e. The lowest BCUT2D eigenvalue weighted by Crippen LogP contribution is -2.45. The van der Waals surface area contributed by atoms with Crippen LogP contribution in [0.3, 0.4) is 0 Å². The molecule has 2 amide bonds. The molecule has 1 atom stereocenters. The Hall–Kier alpha value is -2.04. The zero-order valence-corrected chi connectivity index (χ0v) is 13.0. The molecule has 2 N–H and O–H groups in total. The van der Waals surface area contributed by atoms with Crippen molar-refractivity contribution in [2.24, 2.45) is 5.92 Å². The SMILES string of the molecule is CC(C1CC1)N(Cc1ccccc1)C(=O)NCCCC(=O)O. The summed E-state index contributed by atoms with van der Waals surface area (Å²) in [5.41, 5.74) is 1.11. The third kappa shape index (κ3) is 5.06. The van der Waals surface area contributed by atoms with E-state index in [1.807, 2.05) is 35.2 Å². The minimum absolute atomic E-state index is 0.0805. The van der Waals surface area contributed by atoms with Gasteiger partial charge in [0.1, 0.15) is 0 Å². The monoisotopic (exact) mass is 304 g/mol. The molecule has 120 valence electrons. The van der Waals surface area contributed by atoms with Gasteiger partial charge >= 0.3 is 12.0 Å². The molecule has 2 rings (SSSR count). The fourth-order valence-corrected chi connectivity index (χ4v) is 2.55. The van der Waals surface area contributed by atoms with Crippen molar-refractivity contribution in [3.05, 3.63) is 35.9 Å². The Morgan fingerprint density at radius 2 is 2.00 bits per heavy atom. The first-order chi connectivity index (χ1) is 10.6. The number of aliphatic carboxylic acids is 1. The molecule has 0 radical (unpaired) electrons. The highest BCUT2D eigenvalue weighted by molar-refractivity contribution is 5.74. The van der Waals surface area contributed by atoms with Gasteiger partial charge in [-0.15, -0.1) is 0 Å². The number of hydrogen-bond acceptors (Lipinski definition) is 2. The summed E-state index contributed by atoms with van der Waals surface area (Å²) in [6.07, 6.45) is 2.90. The summed E-state index contributed by atoms with van der Waals surface area (Å²) in [5, 5.41) is 11.5. The predicted octanol–water partition coefficient (Wildman–Crippen LogP) is 2.86. The fraction of sp³-hybridized carbons (Fsp3) is 0.529. The van der Waals surface area contributed by atoms with E-state index in [0.717, 1.165) is 5.56 Å². The van der Waals surface area contributed by atoms with E-state index in [0.29, 0.717) is 25.4 Å². The molecule has 1 aliphatic rings. The van der Waals surface area contributed by atoms with Crippen molar-refractivity contribution in [2.45, 2.75) is 45.2 Å². The Balaban J connectivity index is 1.91. The standard InChI is InChI=1S/C17H24N2O3/c1-13(15-9-10-15)19(12-14-6-3-2-4-7-14)17(22)18-11-5-8-16(20)21/h2-4,6-7,13,15H,5,8-12H2,1H3,(H,18,22)(H,20,21). The van der Waals surface area contributed by atoms with Crippen LogP contribution >= 0.6 is 0 Å². The Morgan fingerprint density at radius 1 is 1.32 bits per heavy atom. The number of carboxylic acids is 1. The Labute approximate surface area is 131 Å². The van der Waals surface area contributed by atoms with Crippen molar-refractivity contribution < 1.29 is 14.7 Å². The first-order valence-electron chi connectivity index (χ1n) is 7.88. The molecule has 0 spiro atoms. The second-order valence-corrected chi connectivity index (χ2v) is 5.92. The fourth-order valence-electron chi connectivity index (χ4n) is 2.55. The van der Waals surface area contributed by atoms with Crippen LogP contribution in [-0.2, 0) is 11.3 Å². The average molecular weight is 304 g/mol. The largest absolute Gasteiger partial charge is 0.481 e. The summed E-state index contributed by atoms with van der Waals surface area (Å²) in [4.78, 5) is 24.8. The molecule has 0 aliphatic heterocycles. The Bertz CT molecular complexity index is 500. The van der Waals surface area contributed by atoms with Crippen LogP contribution in [0.2, 0.25) is 0 Å². The van der Waals surface area contributed by atoms with E-state index in [2.05, 4.69) is 12.2 Å². The highest BCUT2D eigenvalue weighted by Crippen LogP contribution is 2.35. The van der Waals surface area contributed by atoms with E-state index in [1.165, 1.54) is 12.8 Å². The van der Waals surface area contributed by atoms with Gasteiger partial charge in [-0.25, -0.2) is 4.79 Å². The van der Waals surface area contributed by atoms with Gasteiger partial charge in [0.25, 0.3) is 0 Å². The second-order valence-electron chi connectivity index (χ2n) is 5.92. The van der Waals surface area contributed by atoms with Crippen LogP contribution < -0.4 is 5.32 Å². The number of carbonyl (C=O) groups is 2. The quantitative estimate of drug-likeness (QED) is 0.726. The topological polar surface area (TPSA) is 69.6 Å². The zero-order valence-electron chi connectivity index (χ0n) is 13.0. The van der Waals surface area contributed by atoms with E-state index in [4.69, 9.17) is 5.11 Å². The number of rotatable bonds is 8. The molecular formula is C17H24N2O3. The molecule has 5 nitrogen and oxygen atoms in total. The van der Waals surface area contributed by atoms with Crippen LogP contribution in [0.15, 0.2) is 30.3 Å². The lowest BCUT2D eigenvalue weighted by Gasteiger charge is -2.29. The molecule has 0 bridgehead atoms. The third-order valence-corrected chi connectivity index (χ3v) is 4.10. The number of hydrogen-bond donors (Lipinski definition) is 2. The molecule has 0 saturated heterocycles. The predicted molar refractivity (Wildman–Crippen MR) is 84.4 cm³/mol. The van der Waals surface area contributed by atoms with Gasteiger partial charge in [-0.1, -0.05) is 30.3 Å². The van der Waals surface area contributed by atoms with Crippen molar-refractivity contribution in [2.75, 3.05) is 6.54 Å². The number of benzene rings is 1. The molecule has 1 aromatic rings. The van der Waals surface area contributed by atoms with Gasteiger partial charge in [-0.2, -0.15) is 0 Å². The molecule has 1 unspecified atom stereocenters. The third-order valence-electron chi connectivity index (χ3n) is 4.10. The summed E-state index contributed by atoms with van der Waals surface area (Å²) in [6, 6.07) is 10.0. The zero-order chi connectivity index (χ0) is 15.9. The van der Waals surface area contributed by atoms with Gasteiger partial charge in [0, 0.05) is 25.6 Å². The summed E-state index contributed by atoms with van der Waals surface area (Å²) < 4.78 is 0. The highest BCUT2D eigenvalue weighted by Gasteiger charge is 2.34.